The Morgan fingerprint density at radius 1 is 1.15 bits per heavy atom. The van der Waals surface area contributed by atoms with E-state index in [2.05, 4.69) is 19.1 Å². The number of anilines is 2. The lowest BCUT2D eigenvalue weighted by atomic mass is 10.0. The van der Waals surface area contributed by atoms with Gasteiger partial charge in [-0.05, 0) is 56.2 Å². The monoisotopic (exact) mass is 416 g/mol. The van der Waals surface area contributed by atoms with E-state index in [4.69, 9.17) is 16.6 Å². The van der Waals surface area contributed by atoms with Crippen molar-refractivity contribution in [2.75, 3.05) is 4.90 Å². The van der Waals surface area contributed by atoms with Crippen molar-refractivity contribution in [2.45, 2.75) is 38.3 Å². The molecule has 3 nitrogen and oxygen atoms in total. The molecule has 1 heterocycles. The van der Waals surface area contributed by atoms with Gasteiger partial charge in [0.1, 0.15) is 0 Å². The molecule has 1 aromatic heterocycles. The molecule has 0 saturated heterocycles. The highest BCUT2D eigenvalue weighted by atomic mass is 35.5. The number of thioether (sulfide) groups is 1. The number of aryl methyl sites for hydroxylation is 3. The van der Waals surface area contributed by atoms with Crippen molar-refractivity contribution in [3.8, 4) is 0 Å². The van der Waals surface area contributed by atoms with Crippen molar-refractivity contribution < 1.29 is 4.79 Å². The number of halogens is 1. The van der Waals surface area contributed by atoms with Crippen LogP contribution in [-0.2, 0) is 10.5 Å². The first kappa shape index (κ1) is 19.9. The van der Waals surface area contributed by atoms with Gasteiger partial charge in [-0.3, -0.25) is 9.69 Å². The zero-order chi connectivity index (χ0) is 19.6. The molecule has 0 atom stereocenters. The van der Waals surface area contributed by atoms with Crippen LogP contribution in [0.25, 0.3) is 0 Å². The van der Waals surface area contributed by atoms with E-state index in [9.17, 15) is 4.79 Å². The van der Waals surface area contributed by atoms with Crippen LogP contribution in [0.5, 0.6) is 0 Å². The van der Waals surface area contributed by atoms with Crippen LogP contribution < -0.4 is 4.90 Å². The van der Waals surface area contributed by atoms with Crippen molar-refractivity contribution in [1.29, 1.82) is 0 Å². The summed E-state index contributed by atoms with van der Waals surface area (Å²) >= 11 is 9.13. The van der Waals surface area contributed by atoms with Crippen molar-refractivity contribution in [3.63, 3.8) is 0 Å². The summed E-state index contributed by atoms with van der Waals surface area (Å²) in [7, 11) is 0. The summed E-state index contributed by atoms with van der Waals surface area (Å²) in [6.07, 6.45) is 0. The Morgan fingerprint density at radius 3 is 2.37 bits per heavy atom. The summed E-state index contributed by atoms with van der Waals surface area (Å²) in [6, 6.07) is 12.0. The van der Waals surface area contributed by atoms with E-state index in [0.29, 0.717) is 5.13 Å². The maximum atomic E-state index is 12.4. The standard InChI is InChI=1S/C21H21ClN2OS2/c1-13-9-14(2)20(15(3)10-13)24(16(4)25)21-23-18(12-27-21)11-26-19-7-5-17(22)6-8-19/h5-10,12H,11H2,1-4H3. The highest BCUT2D eigenvalue weighted by Gasteiger charge is 2.21. The SMILES string of the molecule is CC(=O)N(c1nc(CSc2ccc(Cl)cc2)cs1)c1c(C)cc(C)cc1C. The molecule has 27 heavy (non-hydrogen) atoms. The Hall–Kier alpha value is -1.82. The van der Waals surface area contributed by atoms with Gasteiger partial charge in [0.05, 0.1) is 11.4 Å². The maximum Gasteiger partial charge on any atom is 0.230 e. The topological polar surface area (TPSA) is 33.2 Å². The summed E-state index contributed by atoms with van der Waals surface area (Å²) in [5.74, 6) is 0.715. The molecule has 0 unspecified atom stereocenters. The fourth-order valence-electron chi connectivity index (χ4n) is 3.07. The van der Waals surface area contributed by atoms with Gasteiger partial charge in [0, 0.05) is 28.0 Å². The van der Waals surface area contributed by atoms with E-state index in [1.807, 2.05) is 43.5 Å². The lowest BCUT2D eigenvalue weighted by Crippen LogP contribution is -2.24. The number of hydrogen-bond donors (Lipinski definition) is 0. The van der Waals surface area contributed by atoms with Crippen molar-refractivity contribution in [3.05, 3.63) is 69.2 Å². The highest BCUT2D eigenvalue weighted by Crippen LogP contribution is 2.35. The molecule has 6 heteroatoms. The summed E-state index contributed by atoms with van der Waals surface area (Å²) < 4.78 is 0. The van der Waals surface area contributed by atoms with Crippen LogP contribution in [0, 0.1) is 20.8 Å². The van der Waals surface area contributed by atoms with Crippen LogP contribution in [0.4, 0.5) is 10.8 Å². The normalized spacial score (nSPS) is 10.9. The molecule has 3 rings (SSSR count). The molecule has 0 N–H and O–H groups in total. The second-order valence-corrected chi connectivity index (χ2v) is 8.79. The summed E-state index contributed by atoms with van der Waals surface area (Å²) in [4.78, 5) is 20.0. The van der Waals surface area contributed by atoms with Gasteiger partial charge in [-0.2, -0.15) is 0 Å². The Labute approximate surface area is 173 Å². The molecule has 140 valence electrons. The zero-order valence-electron chi connectivity index (χ0n) is 15.7. The minimum absolute atomic E-state index is 0.0312. The summed E-state index contributed by atoms with van der Waals surface area (Å²) in [6.45, 7) is 7.73. The second-order valence-electron chi connectivity index (χ2n) is 6.47. The molecule has 2 aromatic carbocycles. The van der Waals surface area contributed by atoms with Crippen LogP contribution >= 0.6 is 34.7 Å². The molecule has 0 saturated carbocycles. The van der Waals surface area contributed by atoms with Gasteiger partial charge in [-0.1, -0.05) is 29.3 Å². The highest BCUT2D eigenvalue weighted by molar-refractivity contribution is 7.98. The van der Waals surface area contributed by atoms with E-state index in [0.717, 1.165) is 38.2 Å². The van der Waals surface area contributed by atoms with Gasteiger partial charge >= 0.3 is 0 Å². The lowest BCUT2D eigenvalue weighted by Gasteiger charge is -2.23. The fraction of sp³-hybridized carbons (Fsp3) is 0.238. The van der Waals surface area contributed by atoms with Gasteiger partial charge in [0.25, 0.3) is 0 Å². The Bertz CT molecular complexity index is 944. The van der Waals surface area contributed by atoms with Crippen molar-refractivity contribution >= 4 is 51.4 Å². The number of carbonyl (C=O) groups excluding carboxylic acids is 1. The predicted octanol–water partition coefficient (Wildman–Crippen LogP) is 6.70. The first-order valence-corrected chi connectivity index (χ1v) is 10.8. The van der Waals surface area contributed by atoms with Gasteiger partial charge in [0.15, 0.2) is 5.13 Å². The summed E-state index contributed by atoms with van der Waals surface area (Å²) in [5, 5.41) is 3.47. The largest absolute Gasteiger partial charge is 0.274 e. The smallest absolute Gasteiger partial charge is 0.230 e. The maximum absolute atomic E-state index is 12.4. The Kier molecular flexibility index (Phi) is 6.25. The third-order valence-corrected chi connectivity index (χ3v) is 6.28. The van der Waals surface area contributed by atoms with Crippen molar-refractivity contribution in [2.24, 2.45) is 0 Å². The molecule has 0 aliphatic carbocycles. The molecular weight excluding hydrogens is 396 g/mol. The Balaban J connectivity index is 1.84. The molecule has 0 spiro atoms. The van der Waals surface area contributed by atoms with E-state index in [1.165, 1.54) is 16.9 Å². The number of thiazole rings is 1. The number of rotatable bonds is 5. The fourth-order valence-corrected chi connectivity index (χ4v) is 4.96. The number of hydrogen-bond acceptors (Lipinski definition) is 4. The zero-order valence-corrected chi connectivity index (χ0v) is 18.1. The van der Waals surface area contributed by atoms with Gasteiger partial charge in [-0.25, -0.2) is 4.98 Å². The van der Waals surface area contributed by atoms with Gasteiger partial charge in [0.2, 0.25) is 5.91 Å². The number of aromatic nitrogens is 1. The third kappa shape index (κ3) is 4.72. The average molecular weight is 417 g/mol. The molecule has 0 radical (unpaired) electrons. The predicted molar refractivity (Wildman–Crippen MR) is 117 cm³/mol. The van der Waals surface area contributed by atoms with Gasteiger partial charge in [-0.15, -0.1) is 23.1 Å². The molecule has 0 aliphatic heterocycles. The van der Waals surface area contributed by atoms with E-state index in [1.54, 1.807) is 23.6 Å². The van der Waals surface area contributed by atoms with E-state index >= 15 is 0 Å². The quantitative estimate of drug-likeness (QED) is 0.434. The van der Waals surface area contributed by atoms with Crippen LogP contribution in [0.3, 0.4) is 0 Å². The molecule has 3 aromatic rings. The van der Waals surface area contributed by atoms with E-state index < -0.39 is 0 Å². The minimum atomic E-state index is -0.0312. The molecule has 0 fully saturated rings. The first-order valence-electron chi connectivity index (χ1n) is 8.56. The van der Waals surface area contributed by atoms with Crippen LogP contribution in [-0.4, -0.2) is 10.9 Å². The summed E-state index contributed by atoms with van der Waals surface area (Å²) in [5.41, 5.74) is 5.24. The lowest BCUT2D eigenvalue weighted by molar-refractivity contribution is -0.115. The number of nitrogens with zero attached hydrogens (tertiary/aromatic N) is 2. The van der Waals surface area contributed by atoms with Crippen LogP contribution in [0.15, 0.2) is 46.7 Å². The third-order valence-electron chi connectivity index (χ3n) is 4.11. The minimum Gasteiger partial charge on any atom is -0.274 e. The number of carbonyl (C=O) groups is 1. The van der Waals surface area contributed by atoms with Crippen molar-refractivity contribution in [1.82, 2.24) is 4.98 Å². The number of amides is 1. The van der Waals surface area contributed by atoms with Crippen LogP contribution in [0.2, 0.25) is 5.02 Å². The molecular formula is C21H21ClN2OS2. The Morgan fingerprint density at radius 2 is 1.78 bits per heavy atom. The van der Waals surface area contributed by atoms with E-state index in [-0.39, 0.29) is 5.91 Å². The molecule has 0 aliphatic rings. The average Bonchev–Trinajstić information content (AvgIpc) is 3.05. The molecule has 0 bridgehead atoms. The molecule has 1 amide bonds. The van der Waals surface area contributed by atoms with Crippen LogP contribution in [0.1, 0.15) is 29.3 Å². The first-order chi connectivity index (χ1) is 12.8. The second kappa shape index (κ2) is 8.46. The number of benzene rings is 2. The van der Waals surface area contributed by atoms with Gasteiger partial charge < -0.3 is 0 Å².